The van der Waals surface area contributed by atoms with Gasteiger partial charge in [-0.05, 0) is 48.7 Å². The molecule has 1 aromatic heterocycles. The number of aryl methyl sites for hydroxylation is 2. The standard InChI is InChI=1S/C23H21ClN2O/c1-15-7-8-16(2)18(11-15)13-26-22-12-17(19-5-3-4-6-20(19)24)9-10-21(22)25-23(26)14-27/h3-12,27H,13-14H2,1-2H3. The van der Waals surface area contributed by atoms with Gasteiger partial charge in [0.05, 0.1) is 11.0 Å². The Labute approximate surface area is 163 Å². The number of halogens is 1. The lowest BCUT2D eigenvalue weighted by molar-refractivity contribution is 0.267. The maximum absolute atomic E-state index is 9.85. The van der Waals surface area contributed by atoms with Gasteiger partial charge in [-0.15, -0.1) is 0 Å². The third kappa shape index (κ3) is 3.36. The van der Waals surface area contributed by atoms with E-state index in [-0.39, 0.29) is 6.61 Å². The van der Waals surface area contributed by atoms with Crippen molar-refractivity contribution in [3.63, 3.8) is 0 Å². The van der Waals surface area contributed by atoms with Gasteiger partial charge in [0.15, 0.2) is 0 Å². The molecule has 0 amide bonds. The number of hydrogen-bond acceptors (Lipinski definition) is 2. The van der Waals surface area contributed by atoms with Crippen LogP contribution in [0.5, 0.6) is 0 Å². The summed E-state index contributed by atoms with van der Waals surface area (Å²) in [5, 5.41) is 10.6. The van der Waals surface area contributed by atoms with Crippen molar-refractivity contribution in [2.75, 3.05) is 0 Å². The Kier molecular flexibility index (Phi) is 4.73. The van der Waals surface area contributed by atoms with Gasteiger partial charge in [0.1, 0.15) is 12.4 Å². The van der Waals surface area contributed by atoms with E-state index in [2.05, 4.69) is 47.7 Å². The van der Waals surface area contributed by atoms with Crippen molar-refractivity contribution in [3.8, 4) is 11.1 Å². The molecule has 27 heavy (non-hydrogen) atoms. The van der Waals surface area contributed by atoms with Crippen LogP contribution in [0, 0.1) is 13.8 Å². The minimum absolute atomic E-state index is 0.0963. The summed E-state index contributed by atoms with van der Waals surface area (Å²) in [5.74, 6) is 0.669. The molecule has 4 rings (SSSR count). The number of fused-ring (bicyclic) bond motifs is 1. The van der Waals surface area contributed by atoms with Crippen LogP contribution in [0.15, 0.2) is 60.7 Å². The van der Waals surface area contributed by atoms with Gasteiger partial charge in [0.25, 0.3) is 0 Å². The number of aromatic nitrogens is 2. The van der Waals surface area contributed by atoms with Crippen molar-refractivity contribution in [2.45, 2.75) is 27.0 Å². The van der Waals surface area contributed by atoms with E-state index in [4.69, 9.17) is 11.6 Å². The van der Waals surface area contributed by atoms with E-state index in [1.165, 1.54) is 16.7 Å². The van der Waals surface area contributed by atoms with Gasteiger partial charge < -0.3 is 9.67 Å². The highest BCUT2D eigenvalue weighted by molar-refractivity contribution is 6.33. The monoisotopic (exact) mass is 376 g/mol. The van der Waals surface area contributed by atoms with E-state index in [1.54, 1.807) is 0 Å². The van der Waals surface area contributed by atoms with Gasteiger partial charge in [-0.2, -0.15) is 0 Å². The third-order valence-corrected chi connectivity index (χ3v) is 5.32. The second-order valence-electron chi connectivity index (χ2n) is 6.89. The fourth-order valence-electron chi connectivity index (χ4n) is 3.47. The van der Waals surface area contributed by atoms with E-state index < -0.39 is 0 Å². The summed E-state index contributed by atoms with van der Waals surface area (Å²) in [7, 11) is 0. The van der Waals surface area contributed by atoms with Gasteiger partial charge in [-0.25, -0.2) is 4.98 Å². The van der Waals surface area contributed by atoms with Gasteiger partial charge in [0.2, 0.25) is 0 Å². The highest BCUT2D eigenvalue weighted by atomic mass is 35.5. The fraction of sp³-hybridized carbons (Fsp3) is 0.174. The van der Waals surface area contributed by atoms with Crippen LogP contribution < -0.4 is 0 Å². The van der Waals surface area contributed by atoms with Crippen molar-refractivity contribution in [2.24, 2.45) is 0 Å². The normalized spacial score (nSPS) is 11.3. The molecule has 4 aromatic rings. The molecule has 0 aliphatic heterocycles. The van der Waals surface area contributed by atoms with Crippen LogP contribution in [0.2, 0.25) is 5.02 Å². The summed E-state index contributed by atoms with van der Waals surface area (Å²) >= 11 is 6.39. The van der Waals surface area contributed by atoms with Crippen molar-refractivity contribution in [3.05, 3.63) is 88.2 Å². The number of nitrogens with zero attached hydrogens (tertiary/aromatic N) is 2. The first kappa shape index (κ1) is 17.8. The number of aliphatic hydroxyl groups is 1. The fourth-order valence-corrected chi connectivity index (χ4v) is 3.72. The minimum atomic E-state index is -0.0963. The second-order valence-corrected chi connectivity index (χ2v) is 7.29. The number of aliphatic hydroxyl groups excluding tert-OH is 1. The summed E-state index contributed by atoms with van der Waals surface area (Å²) in [6.07, 6.45) is 0. The molecular weight excluding hydrogens is 356 g/mol. The van der Waals surface area contributed by atoms with E-state index in [1.807, 2.05) is 36.4 Å². The van der Waals surface area contributed by atoms with E-state index >= 15 is 0 Å². The van der Waals surface area contributed by atoms with Crippen LogP contribution in [0.1, 0.15) is 22.5 Å². The van der Waals surface area contributed by atoms with Crippen LogP contribution in [0.4, 0.5) is 0 Å². The van der Waals surface area contributed by atoms with Crippen LogP contribution in [-0.2, 0) is 13.2 Å². The Hall–Kier alpha value is -2.62. The summed E-state index contributed by atoms with van der Waals surface area (Å²) in [5.41, 5.74) is 7.59. The van der Waals surface area contributed by atoms with Crippen molar-refractivity contribution >= 4 is 22.6 Å². The number of hydrogen-bond donors (Lipinski definition) is 1. The second kappa shape index (κ2) is 7.18. The molecular formula is C23H21ClN2O. The molecule has 0 saturated heterocycles. The molecule has 0 spiro atoms. The smallest absolute Gasteiger partial charge is 0.136 e. The molecule has 0 aliphatic carbocycles. The first-order chi connectivity index (χ1) is 13.1. The topological polar surface area (TPSA) is 38.0 Å². The molecule has 0 fully saturated rings. The molecule has 3 nitrogen and oxygen atoms in total. The molecule has 3 aromatic carbocycles. The summed E-state index contributed by atoms with van der Waals surface area (Å²) in [6.45, 7) is 4.78. The molecule has 1 heterocycles. The number of benzene rings is 3. The predicted molar refractivity (Wildman–Crippen MR) is 111 cm³/mol. The molecule has 0 radical (unpaired) electrons. The molecule has 0 aliphatic rings. The van der Waals surface area contributed by atoms with Crippen molar-refractivity contribution in [1.82, 2.24) is 9.55 Å². The Morgan fingerprint density at radius 1 is 1.00 bits per heavy atom. The summed E-state index contributed by atoms with van der Waals surface area (Å²) < 4.78 is 2.09. The zero-order valence-electron chi connectivity index (χ0n) is 15.4. The predicted octanol–water partition coefficient (Wildman–Crippen LogP) is 5.51. The van der Waals surface area contributed by atoms with Gasteiger partial charge in [-0.3, -0.25) is 0 Å². The average molecular weight is 377 g/mol. The lowest BCUT2D eigenvalue weighted by atomic mass is 10.0. The maximum atomic E-state index is 9.85. The van der Waals surface area contributed by atoms with Gasteiger partial charge in [-0.1, -0.05) is 59.6 Å². The third-order valence-electron chi connectivity index (χ3n) is 4.99. The van der Waals surface area contributed by atoms with Gasteiger partial charge >= 0.3 is 0 Å². The maximum Gasteiger partial charge on any atom is 0.136 e. The molecule has 136 valence electrons. The van der Waals surface area contributed by atoms with Gasteiger partial charge in [0, 0.05) is 17.1 Å². The van der Waals surface area contributed by atoms with E-state index in [0.29, 0.717) is 12.4 Å². The molecule has 4 heteroatoms. The highest BCUT2D eigenvalue weighted by Crippen LogP contribution is 2.31. The molecule has 0 saturated carbocycles. The van der Waals surface area contributed by atoms with Crippen molar-refractivity contribution < 1.29 is 5.11 Å². The molecule has 0 bridgehead atoms. The zero-order chi connectivity index (χ0) is 19.0. The van der Waals surface area contributed by atoms with Crippen molar-refractivity contribution in [1.29, 1.82) is 0 Å². The number of imidazole rings is 1. The molecule has 0 unspecified atom stereocenters. The van der Waals surface area contributed by atoms with Crippen LogP contribution >= 0.6 is 11.6 Å². The first-order valence-electron chi connectivity index (χ1n) is 8.98. The summed E-state index contributed by atoms with van der Waals surface area (Å²) in [6, 6.07) is 20.4. The number of rotatable bonds is 4. The van der Waals surface area contributed by atoms with Crippen LogP contribution in [0.25, 0.3) is 22.2 Å². The summed E-state index contributed by atoms with van der Waals surface area (Å²) in [4.78, 5) is 4.62. The SMILES string of the molecule is Cc1ccc(C)c(Cn2c(CO)nc3ccc(-c4ccccc4Cl)cc32)c1. The molecule has 1 N–H and O–H groups in total. The average Bonchev–Trinajstić information content (AvgIpc) is 3.02. The lowest BCUT2D eigenvalue weighted by Gasteiger charge is -2.12. The van der Waals surface area contributed by atoms with E-state index in [9.17, 15) is 5.11 Å². The largest absolute Gasteiger partial charge is 0.388 e. The zero-order valence-corrected chi connectivity index (χ0v) is 16.2. The Balaban J connectivity index is 1.87. The Morgan fingerprint density at radius 3 is 2.59 bits per heavy atom. The quantitative estimate of drug-likeness (QED) is 0.509. The highest BCUT2D eigenvalue weighted by Gasteiger charge is 2.13. The Bertz CT molecular complexity index is 1130. The first-order valence-corrected chi connectivity index (χ1v) is 9.35. The lowest BCUT2D eigenvalue weighted by Crippen LogP contribution is -2.06. The minimum Gasteiger partial charge on any atom is -0.388 e. The van der Waals surface area contributed by atoms with E-state index in [0.717, 1.165) is 27.2 Å². The van der Waals surface area contributed by atoms with Crippen LogP contribution in [0.3, 0.4) is 0 Å². The van der Waals surface area contributed by atoms with Crippen LogP contribution in [-0.4, -0.2) is 14.7 Å². The molecule has 0 atom stereocenters. The Morgan fingerprint density at radius 2 is 1.81 bits per heavy atom.